The van der Waals surface area contributed by atoms with Crippen LogP contribution in [0.3, 0.4) is 0 Å². The number of carbonyl (C=O) groups is 2. The summed E-state index contributed by atoms with van der Waals surface area (Å²) in [4.78, 5) is 29.2. The Bertz CT molecular complexity index is 1420. The lowest BCUT2D eigenvalue weighted by atomic mass is 9.79. The van der Waals surface area contributed by atoms with Gasteiger partial charge in [-0.05, 0) is 59.5 Å². The van der Waals surface area contributed by atoms with E-state index >= 15 is 0 Å². The van der Waals surface area contributed by atoms with E-state index in [1.807, 2.05) is 24.3 Å². The Morgan fingerprint density at radius 2 is 1.27 bits per heavy atom. The lowest BCUT2D eigenvalue weighted by Gasteiger charge is -2.40. The van der Waals surface area contributed by atoms with Crippen molar-refractivity contribution in [1.82, 2.24) is 10.2 Å². The first-order chi connectivity index (χ1) is 19.8. The molecule has 1 N–H and O–H groups in total. The summed E-state index contributed by atoms with van der Waals surface area (Å²) in [6.07, 6.45) is 0.563. The first-order valence-corrected chi connectivity index (χ1v) is 13.0. The van der Waals surface area contributed by atoms with Gasteiger partial charge in [0.1, 0.15) is 0 Å². The molecule has 218 valence electrons. The molecule has 0 spiro atoms. The molecule has 1 aliphatic heterocycles. The van der Waals surface area contributed by atoms with Crippen molar-refractivity contribution in [1.29, 1.82) is 0 Å². The second kappa shape index (κ2) is 12.7. The molecule has 10 heteroatoms. The highest BCUT2D eigenvalue weighted by Crippen LogP contribution is 2.46. The van der Waals surface area contributed by atoms with Gasteiger partial charge in [0.05, 0.1) is 54.6 Å². The summed E-state index contributed by atoms with van der Waals surface area (Å²) in [5.74, 6) is 1.90. The lowest BCUT2D eigenvalue weighted by molar-refractivity contribution is -0.124. The summed E-state index contributed by atoms with van der Waals surface area (Å²) < 4.78 is 32.7. The van der Waals surface area contributed by atoms with Gasteiger partial charge in [-0.25, -0.2) is 0 Å². The lowest BCUT2D eigenvalue weighted by Crippen LogP contribution is -2.46. The number of likely N-dealkylation sites (N-methyl/N-ethyl adjacent to an activating group) is 1. The predicted molar refractivity (Wildman–Crippen MR) is 153 cm³/mol. The molecule has 10 nitrogen and oxygen atoms in total. The second-order valence-electron chi connectivity index (χ2n) is 9.48. The number of rotatable bonds is 11. The maximum absolute atomic E-state index is 14.0. The molecule has 41 heavy (non-hydrogen) atoms. The van der Waals surface area contributed by atoms with Gasteiger partial charge in [0.15, 0.2) is 34.5 Å². The van der Waals surface area contributed by atoms with Crippen LogP contribution < -0.4 is 33.7 Å². The van der Waals surface area contributed by atoms with Crippen molar-refractivity contribution in [2.45, 2.75) is 18.4 Å². The third-order valence-corrected chi connectivity index (χ3v) is 7.37. The largest absolute Gasteiger partial charge is 0.493 e. The normalized spacial score (nSPS) is 16.0. The molecule has 0 unspecified atom stereocenters. The first-order valence-electron chi connectivity index (χ1n) is 13.0. The number of carbonyl (C=O) groups excluding carboxylic acids is 2. The van der Waals surface area contributed by atoms with Crippen LogP contribution in [0.15, 0.2) is 48.5 Å². The Labute approximate surface area is 240 Å². The van der Waals surface area contributed by atoms with Crippen molar-refractivity contribution in [2.24, 2.45) is 0 Å². The molecule has 1 aliphatic rings. The fourth-order valence-corrected chi connectivity index (χ4v) is 5.26. The van der Waals surface area contributed by atoms with Crippen LogP contribution in [0.1, 0.15) is 39.0 Å². The van der Waals surface area contributed by atoms with Gasteiger partial charge in [0, 0.05) is 19.2 Å². The zero-order valence-corrected chi connectivity index (χ0v) is 24.4. The number of methoxy groups -OCH3 is 6. The number of hydrogen-bond acceptors (Lipinski definition) is 8. The van der Waals surface area contributed by atoms with Crippen LogP contribution in [-0.2, 0) is 11.2 Å². The highest BCUT2D eigenvalue weighted by molar-refractivity contribution is 6.02. The smallest absolute Gasteiger partial charge is 0.254 e. The standard InChI is InChI=1S/C31H36N2O8/c1-33-29(19-9-11-23(37-3)25(15-19)39-5)28(20-16-26(40-6)27(41-7)17-21(20)31(33)35)30(34)32-13-12-18-8-10-22(36-2)24(14-18)38-4/h8-11,14-17,28-29H,12-13H2,1-7H3,(H,32,34)/t28-,29+/m1/s1. The fraction of sp³-hybridized carbons (Fsp3) is 0.355. The zero-order chi connectivity index (χ0) is 29.7. The van der Waals surface area contributed by atoms with Crippen LogP contribution >= 0.6 is 0 Å². The van der Waals surface area contributed by atoms with E-state index in [2.05, 4.69) is 5.32 Å². The number of nitrogens with one attached hydrogen (secondary N) is 1. The Kier molecular flexibility index (Phi) is 9.11. The van der Waals surface area contributed by atoms with Gasteiger partial charge in [-0.2, -0.15) is 0 Å². The van der Waals surface area contributed by atoms with Crippen LogP contribution in [-0.4, -0.2) is 73.0 Å². The highest BCUT2D eigenvalue weighted by atomic mass is 16.5. The SMILES string of the molecule is COc1ccc(CCNC(=O)[C@@H]2c3cc(OC)c(OC)cc3C(=O)N(C)[C@H]2c2ccc(OC)c(OC)c2)cc1OC. The molecule has 0 fully saturated rings. The van der Waals surface area contributed by atoms with Crippen molar-refractivity contribution in [2.75, 3.05) is 56.3 Å². The summed E-state index contributed by atoms with van der Waals surface area (Å²) in [6, 6.07) is 13.8. The average molecular weight is 565 g/mol. The van der Waals surface area contributed by atoms with E-state index in [4.69, 9.17) is 28.4 Å². The molecule has 0 saturated carbocycles. The van der Waals surface area contributed by atoms with E-state index in [-0.39, 0.29) is 11.8 Å². The molecular formula is C31H36N2O8. The number of benzene rings is 3. The predicted octanol–water partition coefficient (Wildman–Crippen LogP) is 4.01. The van der Waals surface area contributed by atoms with Crippen molar-refractivity contribution in [3.63, 3.8) is 0 Å². The van der Waals surface area contributed by atoms with Gasteiger partial charge in [0.25, 0.3) is 5.91 Å². The monoisotopic (exact) mass is 564 g/mol. The minimum Gasteiger partial charge on any atom is -0.493 e. The fourth-order valence-electron chi connectivity index (χ4n) is 5.26. The Morgan fingerprint density at radius 3 is 1.88 bits per heavy atom. The molecule has 3 aromatic rings. The number of amides is 2. The van der Waals surface area contributed by atoms with Crippen LogP contribution in [0.5, 0.6) is 34.5 Å². The topological polar surface area (TPSA) is 105 Å². The number of hydrogen-bond donors (Lipinski definition) is 1. The van der Waals surface area contributed by atoms with Crippen molar-refractivity contribution in [3.05, 3.63) is 70.8 Å². The zero-order valence-electron chi connectivity index (χ0n) is 24.4. The summed E-state index contributed by atoms with van der Waals surface area (Å²) in [7, 11) is 11.0. The number of fused-ring (bicyclic) bond motifs is 1. The minimum absolute atomic E-state index is 0.238. The third kappa shape index (κ3) is 5.68. The van der Waals surface area contributed by atoms with Crippen LogP contribution in [0.25, 0.3) is 0 Å². The van der Waals surface area contributed by atoms with E-state index in [1.54, 1.807) is 64.7 Å². The minimum atomic E-state index is -0.754. The van der Waals surface area contributed by atoms with Crippen LogP contribution in [0.2, 0.25) is 0 Å². The van der Waals surface area contributed by atoms with E-state index in [9.17, 15) is 9.59 Å². The van der Waals surface area contributed by atoms with E-state index in [0.29, 0.717) is 58.6 Å². The molecule has 2 amide bonds. The Balaban J connectivity index is 1.73. The van der Waals surface area contributed by atoms with Crippen molar-refractivity contribution in [3.8, 4) is 34.5 Å². The van der Waals surface area contributed by atoms with Gasteiger partial charge in [0.2, 0.25) is 5.91 Å². The molecule has 2 atom stereocenters. The van der Waals surface area contributed by atoms with Gasteiger partial charge in [-0.15, -0.1) is 0 Å². The quantitative estimate of drug-likeness (QED) is 0.373. The Hall–Kier alpha value is -4.60. The Morgan fingerprint density at radius 1 is 0.732 bits per heavy atom. The van der Waals surface area contributed by atoms with Crippen molar-refractivity contribution < 1.29 is 38.0 Å². The second-order valence-corrected chi connectivity index (χ2v) is 9.48. The molecule has 0 saturated heterocycles. The van der Waals surface area contributed by atoms with E-state index in [0.717, 1.165) is 11.1 Å². The van der Waals surface area contributed by atoms with E-state index < -0.39 is 12.0 Å². The third-order valence-electron chi connectivity index (χ3n) is 7.37. The molecule has 3 aromatic carbocycles. The summed E-state index contributed by atoms with van der Waals surface area (Å²) in [5.41, 5.74) is 2.62. The van der Waals surface area contributed by atoms with Gasteiger partial charge in [-0.3, -0.25) is 9.59 Å². The molecule has 0 aliphatic carbocycles. The van der Waals surface area contributed by atoms with Gasteiger partial charge >= 0.3 is 0 Å². The summed E-state index contributed by atoms with van der Waals surface area (Å²) in [6.45, 7) is 0.365. The molecular weight excluding hydrogens is 528 g/mol. The molecule has 0 bridgehead atoms. The van der Waals surface area contributed by atoms with Crippen LogP contribution in [0, 0.1) is 0 Å². The molecule has 4 rings (SSSR count). The highest BCUT2D eigenvalue weighted by Gasteiger charge is 2.43. The summed E-state index contributed by atoms with van der Waals surface area (Å²) >= 11 is 0. The number of ether oxygens (including phenoxy) is 6. The molecule has 0 aromatic heterocycles. The first kappa shape index (κ1) is 29.4. The number of nitrogens with zero attached hydrogens (tertiary/aromatic N) is 1. The van der Waals surface area contributed by atoms with Gasteiger partial charge in [-0.1, -0.05) is 12.1 Å². The maximum atomic E-state index is 14.0. The van der Waals surface area contributed by atoms with E-state index in [1.165, 1.54) is 14.2 Å². The van der Waals surface area contributed by atoms with Crippen LogP contribution in [0.4, 0.5) is 0 Å². The van der Waals surface area contributed by atoms with Crippen molar-refractivity contribution >= 4 is 11.8 Å². The molecule has 1 heterocycles. The summed E-state index contributed by atoms with van der Waals surface area (Å²) in [5, 5.41) is 3.08. The van der Waals surface area contributed by atoms with Gasteiger partial charge < -0.3 is 38.6 Å². The molecule has 0 radical (unpaired) electrons. The maximum Gasteiger partial charge on any atom is 0.254 e. The average Bonchev–Trinajstić information content (AvgIpc) is 3.01.